The van der Waals surface area contributed by atoms with E-state index in [2.05, 4.69) is 67.7 Å². The number of para-hydroxylation sites is 1. The Hall–Kier alpha value is -4.98. The van der Waals surface area contributed by atoms with Gasteiger partial charge in [0, 0.05) is 48.8 Å². The molecule has 0 fully saturated rings. The molecule has 8 nitrogen and oxygen atoms in total. The molecule has 1 N–H and O–H groups in total. The molecule has 6 aromatic rings. The van der Waals surface area contributed by atoms with Crippen LogP contribution in [0.25, 0.3) is 27.8 Å². The van der Waals surface area contributed by atoms with Gasteiger partial charge in [-0.3, -0.25) is 9.78 Å². The number of anilines is 1. The molecule has 2 aromatic carbocycles. The first-order valence-corrected chi connectivity index (χ1v) is 13.1. The number of pyridine rings is 1. The zero-order valence-corrected chi connectivity index (χ0v) is 21.7. The van der Waals surface area contributed by atoms with E-state index in [1.165, 1.54) is 0 Å². The van der Waals surface area contributed by atoms with Crippen molar-refractivity contribution in [3.05, 3.63) is 115 Å². The van der Waals surface area contributed by atoms with E-state index in [1.54, 1.807) is 12.5 Å². The third-order valence-electron chi connectivity index (χ3n) is 7.04. The van der Waals surface area contributed by atoms with Crippen molar-refractivity contribution < 1.29 is 4.79 Å². The van der Waals surface area contributed by atoms with Gasteiger partial charge in [-0.25, -0.2) is 9.97 Å². The monoisotopic (exact) mass is 515 g/mol. The molecule has 194 valence electrons. The number of hydrogen-bond donors (Lipinski definition) is 1. The fourth-order valence-corrected chi connectivity index (χ4v) is 5.28. The Bertz CT molecular complexity index is 1680. The van der Waals surface area contributed by atoms with Gasteiger partial charge >= 0.3 is 0 Å². The molecule has 0 aliphatic heterocycles. The average molecular weight is 516 g/mol. The molecular weight excluding hydrogens is 486 g/mol. The number of hydrogen-bond acceptors (Lipinski definition) is 4. The van der Waals surface area contributed by atoms with Crippen LogP contribution >= 0.6 is 0 Å². The van der Waals surface area contributed by atoms with E-state index in [1.807, 2.05) is 59.7 Å². The van der Waals surface area contributed by atoms with E-state index in [9.17, 15) is 4.79 Å². The number of carbonyl (C=O) groups is 1. The zero-order valence-electron chi connectivity index (χ0n) is 21.7. The number of aromatic nitrogens is 6. The molecule has 1 amide bonds. The van der Waals surface area contributed by atoms with Crippen LogP contribution in [0.1, 0.15) is 30.8 Å². The number of carbonyl (C=O) groups excluding carboxylic acids is 1. The topological polar surface area (TPSA) is 82.6 Å². The molecule has 0 saturated carbocycles. The lowest BCUT2D eigenvalue weighted by atomic mass is 10.1. The van der Waals surface area contributed by atoms with Gasteiger partial charge in [0.2, 0.25) is 6.41 Å². The van der Waals surface area contributed by atoms with Crippen molar-refractivity contribution in [1.82, 2.24) is 28.7 Å². The number of imidazole rings is 2. The second-order valence-electron chi connectivity index (χ2n) is 9.47. The second-order valence-corrected chi connectivity index (χ2v) is 9.47. The fourth-order valence-electron chi connectivity index (χ4n) is 5.28. The Balaban J connectivity index is 1.50. The van der Waals surface area contributed by atoms with Gasteiger partial charge in [0.15, 0.2) is 0 Å². The summed E-state index contributed by atoms with van der Waals surface area (Å²) in [5, 5.41) is 4.00. The van der Waals surface area contributed by atoms with Crippen molar-refractivity contribution in [3.8, 4) is 16.9 Å². The average Bonchev–Trinajstić information content (AvgIpc) is 3.72. The predicted molar refractivity (Wildman–Crippen MR) is 153 cm³/mol. The maximum atomic E-state index is 11.6. The van der Waals surface area contributed by atoms with Gasteiger partial charge in [-0.05, 0) is 53.9 Å². The molecule has 0 spiro atoms. The molecule has 8 heteroatoms. The summed E-state index contributed by atoms with van der Waals surface area (Å²) in [4.78, 5) is 25.0. The van der Waals surface area contributed by atoms with E-state index < -0.39 is 0 Å². The van der Waals surface area contributed by atoms with Crippen molar-refractivity contribution in [2.45, 2.75) is 32.4 Å². The Morgan fingerprint density at radius 2 is 1.79 bits per heavy atom. The van der Waals surface area contributed by atoms with Crippen molar-refractivity contribution >= 4 is 23.1 Å². The molecule has 4 heterocycles. The molecule has 0 aliphatic rings. The van der Waals surface area contributed by atoms with Crippen LogP contribution in [-0.4, -0.2) is 35.1 Å². The number of benzene rings is 2. The SMILES string of the molecule is CCCn1c(-c2ccc(-n3ccnc3)cc2)cnc1[C@H](Cc1ccncc1)n1c(NC=O)cc2ccccc21. The van der Waals surface area contributed by atoms with Crippen molar-refractivity contribution in [2.24, 2.45) is 0 Å². The molecular formula is C31H29N7O. The Kier molecular flexibility index (Phi) is 6.74. The normalized spacial score (nSPS) is 12.0. The smallest absolute Gasteiger partial charge is 0.212 e. The maximum Gasteiger partial charge on any atom is 0.212 e. The van der Waals surface area contributed by atoms with Gasteiger partial charge in [-0.2, -0.15) is 0 Å². The molecule has 1 atom stereocenters. The van der Waals surface area contributed by atoms with E-state index in [0.717, 1.165) is 64.4 Å². The number of nitrogens with one attached hydrogen (secondary N) is 1. The summed E-state index contributed by atoms with van der Waals surface area (Å²) in [6.45, 7) is 2.99. The molecule has 0 saturated heterocycles. The summed E-state index contributed by atoms with van der Waals surface area (Å²) >= 11 is 0. The van der Waals surface area contributed by atoms with Gasteiger partial charge in [0.1, 0.15) is 11.6 Å². The third kappa shape index (κ3) is 4.72. The maximum absolute atomic E-state index is 11.6. The van der Waals surface area contributed by atoms with E-state index in [4.69, 9.17) is 4.98 Å². The summed E-state index contributed by atoms with van der Waals surface area (Å²) in [7, 11) is 0. The van der Waals surface area contributed by atoms with Crippen LogP contribution in [0.3, 0.4) is 0 Å². The molecule has 0 radical (unpaired) electrons. The summed E-state index contributed by atoms with van der Waals surface area (Å²) in [5.41, 5.74) is 5.39. The van der Waals surface area contributed by atoms with Crippen LogP contribution in [0.2, 0.25) is 0 Å². The number of nitrogens with zero attached hydrogens (tertiary/aromatic N) is 6. The molecule has 6 rings (SSSR count). The number of rotatable bonds is 10. The van der Waals surface area contributed by atoms with Crippen molar-refractivity contribution in [1.29, 1.82) is 0 Å². The third-order valence-corrected chi connectivity index (χ3v) is 7.04. The molecule has 39 heavy (non-hydrogen) atoms. The van der Waals surface area contributed by atoms with Crippen LogP contribution in [0.4, 0.5) is 5.82 Å². The van der Waals surface area contributed by atoms with Gasteiger partial charge in [-0.15, -0.1) is 0 Å². The van der Waals surface area contributed by atoms with E-state index in [-0.39, 0.29) is 6.04 Å². The van der Waals surface area contributed by atoms with Crippen LogP contribution in [0, 0.1) is 0 Å². The van der Waals surface area contributed by atoms with Gasteiger partial charge in [0.25, 0.3) is 0 Å². The second kappa shape index (κ2) is 10.8. The fraction of sp³-hybridized carbons (Fsp3) is 0.161. The van der Waals surface area contributed by atoms with Crippen LogP contribution in [0.5, 0.6) is 0 Å². The first kappa shape index (κ1) is 24.4. The zero-order chi connectivity index (χ0) is 26.6. The Morgan fingerprint density at radius 1 is 0.974 bits per heavy atom. The van der Waals surface area contributed by atoms with Gasteiger partial charge in [-0.1, -0.05) is 37.3 Å². The van der Waals surface area contributed by atoms with Crippen LogP contribution in [0.15, 0.2) is 104 Å². The lowest BCUT2D eigenvalue weighted by Crippen LogP contribution is -2.21. The summed E-state index contributed by atoms with van der Waals surface area (Å²) < 4.78 is 6.50. The van der Waals surface area contributed by atoms with Crippen molar-refractivity contribution in [2.75, 3.05) is 5.32 Å². The standard InChI is InChI=1S/C31H29N7O/c1-2-16-37-29(24-7-9-26(10-8-24)36-17-15-33-21-36)20-34-31(37)28(18-23-11-13-32-14-12-23)38-27-6-4-3-5-25(27)19-30(38)35-22-39/h3-15,17,19-22,28H,2,16,18H2,1H3,(H,35,39)/t28-/m0/s1. The minimum absolute atomic E-state index is 0.166. The van der Waals surface area contributed by atoms with Gasteiger partial charge < -0.3 is 19.0 Å². The highest BCUT2D eigenvalue weighted by Gasteiger charge is 2.26. The Morgan fingerprint density at radius 3 is 2.54 bits per heavy atom. The quantitative estimate of drug-likeness (QED) is 0.231. The summed E-state index contributed by atoms with van der Waals surface area (Å²) in [5.74, 6) is 1.68. The minimum Gasteiger partial charge on any atom is -0.326 e. The first-order chi connectivity index (χ1) is 19.3. The minimum atomic E-state index is -0.166. The van der Waals surface area contributed by atoms with Gasteiger partial charge in [0.05, 0.1) is 29.8 Å². The predicted octanol–water partition coefficient (Wildman–Crippen LogP) is 5.90. The van der Waals surface area contributed by atoms with Crippen molar-refractivity contribution in [3.63, 3.8) is 0 Å². The number of amides is 1. The lowest BCUT2D eigenvalue weighted by Gasteiger charge is -2.24. The molecule has 0 bridgehead atoms. The molecule has 0 unspecified atom stereocenters. The van der Waals surface area contributed by atoms with Crippen LogP contribution < -0.4 is 5.32 Å². The van der Waals surface area contributed by atoms with Crippen LogP contribution in [-0.2, 0) is 17.8 Å². The first-order valence-electron chi connectivity index (χ1n) is 13.1. The summed E-state index contributed by atoms with van der Waals surface area (Å²) in [6, 6.07) is 22.6. The highest BCUT2D eigenvalue weighted by molar-refractivity contribution is 5.88. The molecule has 0 aliphatic carbocycles. The summed E-state index contributed by atoms with van der Waals surface area (Å²) in [6.07, 6.45) is 13.5. The Labute approximate surface area is 226 Å². The highest BCUT2D eigenvalue weighted by Crippen LogP contribution is 2.35. The van der Waals surface area contributed by atoms with E-state index in [0.29, 0.717) is 6.42 Å². The van der Waals surface area contributed by atoms with E-state index >= 15 is 0 Å². The number of fused-ring (bicyclic) bond motifs is 1. The largest absolute Gasteiger partial charge is 0.326 e. The molecule has 4 aromatic heterocycles. The highest BCUT2D eigenvalue weighted by atomic mass is 16.1. The lowest BCUT2D eigenvalue weighted by molar-refractivity contribution is -0.105.